The van der Waals surface area contributed by atoms with E-state index in [-0.39, 0.29) is 17.7 Å². The van der Waals surface area contributed by atoms with Crippen molar-refractivity contribution in [3.05, 3.63) is 120 Å². The normalized spacial score (nSPS) is 15.6. The smallest absolute Gasteiger partial charge is 0.338 e. The first-order chi connectivity index (χ1) is 17.0. The van der Waals surface area contributed by atoms with Gasteiger partial charge in [0.15, 0.2) is 4.80 Å². The lowest BCUT2D eigenvalue weighted by Crippen LogP contribution is -2.40. The highest BCUT2D eigenvalue weighted by atomic mass is 32.1. The zero-order valence-corrected chi connectivity index (χ0v) is 19.8. The highest BCUT2D eigenvalue weighted by Crippen LogP contribution is 2.35. The van der Waals surface area contributed by atoms with E-state index in [1.165, 1.54) is 28.0 Å². The van der Waals surface area contributed by atoms with Crippen molar-refractivity contribution in [3.63, 3.8) is 0 Å². The van der Waals surface area contributed by atoms with Crippen LogP contribution in [0.5, 0.6) is 0 Å². The number of thiazole rings is 1. The number of furan rings is 1. The summed E-state index contributed by atoms with van der Waals surface area (Å²) in [6, 6.07) is 17.8. The van der Waals surface area contributed by atoms with Gasteiger partial charge in [-0.1, -0.05) is 53.8 Å². The summed E-state index contributed by atoms with van der Waals surface area (Å²) in [4.78, 5) is 32.1. The van der Waals surface area contributed by atoms with Gasteiger partial charge in [-0.05, 0) is 43.7 Å². The predicted octanol–water partition coefficient (Wildman–Crippen LogP) is 3.98. The molecule has 0 amide bonds. The van der Waals surface area contributed by atoms with E-state index in [0.29, 0.717) is 31.9 Å². The Morgan fingerprint density at radius 2 is 1.89 bits per heavy atom. The molecular formula is C27H21FN2O4S. The van der Waals surface area contributed by atoms with E-state index < -0.39 is 17.8 Å². The van der Waals surface area contributed by atoms with Crippen molar-refractivity contribution >= 4 is 29.1 Å². The minimum Gasteiger partial charge on any atom is -0.463 e. The Kier molecular flexibility index (Phi) is 6.05. The van der Waals surface area contributed by atoms with Crippen LogP contribution in [0.25, 0.3) is 11.8 Å². The third kappa shape index (κ3) is 4.28. The van der Waals surface area contributed by atoms with Gasteiger partial charge in [0, 0.05) is 11.6 Å². The van der Waals surface area contributed by atoms with E-state index in [0.717, 1.165) is 5.76 Å². The van der Waals surface area contributed by atoms with Gasteiger partial charge >= 0.3 is 5.97 Å². The van der Waals surface area contributed by atoms with E-state index in [9.17, 15) is 14.0 Å². The molecule has 5 rings (SSSR count). The molecule has 0 fully saturated rings. The number of halogens is 1. The first kappa shape index (κ1) is 22.7. The highest BCUT2D eigenvalue weighted by molar-refractivity contribution is 7.07. The Morgan fingerprint density at radius 3 is 2.54 bits per heavy atom. The standard InChI is InChI=1S/C27H21FN2O4S/c1-3-33-26(32)22-23(17-7-5-4-6-8-17)29-27-30(24(22)18-10-12-19(28)13-11-18)25(31)21(35-27)15-20-14-9-16(2)34-20/h4-15,24H,3H2,1-2H3/t24-/m0/s1. The molecule has 0 radical (unpaired) electrons. The largest absolute Gasteiger partial charge is 0.463 e. The van der Waals surface area contributed by atoms with Crippen LogP contribution in [0.15, 0.2) is 86.5 Å². The van der Waals surface area contributed by atoms with Crippen LogP contribution < -0.4 is 14.9 Å². The number of esters is 1. The molecule has 4 aromatic rings. The monoisotopic (exact) mass is 488 g/mol. The van der Waals surface area contributed by atoms with Crippen LogP contribution in [-0.4, -0.2) is 17.1 Å². The van der Waals surface area contributed by atoms with Crippen LogP contribution in [0.3, 0.4) is 0 Å². The summed E-state index contributed by atoms with van der Waals surface area (Å²) < 4.78 is 26.7. The molecule has 35 heavy (non-hydrogen) atoms. The lowest BCUT2D eigenvalue weighted by Gasteiger charge is -2.25. The average Bonchev–Trinajstić information content (AvgIpc) is 3.41. The van der Waals surface area contributed by atoms with Gasteiger partial charge in [-0.3, -0.25) is 9.36 Å². The molecule has 6 nitrogen and oxygen atoms in total. The molecule has 1 aliphatic rings. The molecule has 0 N–H and O–H groups in total. The molecule has 1 aliphatic heterocycles. The number of hydrogen-bond donors (Lipinski definition) is 0. The molecule has 8 heteroatoms. The lowest BCUT2D eigenvalue weighted by molar-refractivity contribution is -0.138. The van der Waals surface area contributed by atoms with Crippen molar-refractivity contribution in [1.29, 1.82) is 0 Å². The molecule has 2 aromatic heterocycles. The third-order valence-corrected chi connectivity index (χ3v) is 6.58. The zero-order valence-electron chi connectivity index (χ0n) is 19.0. The van der Waals surface area contributed by atoms with Crippen molar-refractivity contribution < 1.29 is 18.3 Å². The Bertz CT molecular complexity index is 1610. The SMILES string of the molecule is CCOC(=O)C1=C(c2ccccc2)N=c2sc(=Cc3ccc(C)o3)c(=O)n2[C@H]1c1ccc(F)cc1. The molecule has 0 saturated heterocycles. The predicted molar refractivity (Wildman–Crippen MR) is 131 cm³/mol. The fourth-order valence-electron chi connectivity index (χ4n) is 4.06. The summed E-state index contributed by atoms with van der Waals surface area (Å²) in [5.41, 5.74) is 1.59. The van der Waals surface area contributed by atoms with Gasteiger partial charge in [0.2, 0.25) is 0 Å². The number of nitrogens with zero attached hydrogens (tertiary/aromatic N) is 2. The van der Waals surface area contributed by atoms with Crippen LogP contribution in [0.4, 0.5) is 4.39 Å². The number of aromatic nitrogens is 1. The topological polar surface area (TPSA) is 73.8 Å². The minimum atomic E-state index is -0.846. The third-order valence-electron chi connectivity index (χ3n) is 5.59. The second-order valence-electron chi connectivity index (χ2n) is 7.93. The number of ether oxygens (including phenoxy) is 1. The summed E-state index contributed by atoms with van der Waals surface area (Å²) in [6.45, 7) is 3.70. The molecule has 3 heterocycles. The lowest BCUT2D eigenvalue weighted by atomic mass is 9.93. The highest BCUT2D eigenvalue weighted by Gasteiger charge is 2.35. The first-order valence-corrected chi connectivity index (χ1v) is 11.9. The van der Waals surface area contributed by atoms with Gasteiger partial charge in [0.05, 0.1) is 28.5 Å². The van der Waals surface area contributed by atoms with E-state index >= 15 is 0 Å². The van der Waals surface area contributed by atoms with E-state index in [1.807, 2.05) is 43.3 Å². The number of rotatable bonds is 5. The van der Waals surface area contributed by atoms with Crippen LogP contribution >= 0.6 is 11.3 Å². The molecular weight excluding hydrogens is 467 g/mol. The van der Waals surface area contributed by atoms with E-state index in [4.69, 9.17) is 14.1 Å². The summed E-state index contributed by atoms with van der Waals surface area (Å²) in [6.07, 6.45) is 1.66. The van der Waals surface area contributed by atoms with E-state index in [1.54, 1.807) is 31.2 Å². The van der Waals surface area contributed by atoms with Gasteiger partial charge in [0.1, 0.15) is 17.3 Å². The Hall–Kier alpha value is -4.04. The molecule has 1 atom stereocenters. The summed E-state index contributed by atoms with van der Waals surface area (Å²) in [7, 11) is 0. The fraction of sp³-hybridized carbons (Fsp3) is 0.148. The maximum absolute atomic E-state index is 13.8. The molecule has 176 valence electrons. The van der Waals surface area contributed by atoms with Crippen molar-refractivity contribution in [1.82, 2.24) is 4.57 Å². The molecule has 0 unspecified atom stereocenters. The number of aryl methyl sites for hydroxylation is 1. The number of carbonyl (C=O) groups is 1. The quantitative estimate of drug-likeness (QED) is 0.399. The van der Waals surface area contributed by atoms with Crippen LogP contribution in [0, 0.1) is 12.7 Å². The van der Waals surface area contributed by atoms with Crippen LogP contribution in [-0.2, 0) is 9.53 Å². The summed E-state index contributed by atoms with van der Waals surface area (Å²) >= 11 is 1.20. The van der Waals surface area contributed by atoms with Crippen molar-refractivity contribution in [2.24, 2.45) is 4.99 Å². The average molecular weight is 489 g/mol. The minimum absolute atomic E-state index is 0.156. The maximum atomic E-state index is 13.8. The summed E-state index contributed by atoms with van der Waals surface area (Å²) in [5, 5.41) is 0. The zero-order chi connectivity index (χ0) is 24.5. The van der Waals surface area contributed by atoms with Crippen LogP contribution in [0.2, 0.25) is 0 Å². The van der Waals surface area contributed by atoms with Gasteiger partial charge in [0.25, 0.3) is 5.56 Å². The second-order valence-corrected chi connectivity index (χ2v) is 8.94. The Labute approximate surface area is 203 Å². The van der Waals surface area contributed by atoms with Crippen molar-refractivity contribution in [2.75, 3.05) is 6.61 Å². The number of fused-ring (bicyclic) bond motifs is 1. The van der Waals surface area contributed by atoms with Crippen molar-refractivity contribution in [2.45, 2.75) is 19.9 Å². The molecule has 0 saturated carbocycles. The molecule has 0 bridgehead atoms. The number of carbonyl (C=O) groups excluding carboxylic acids is 1. The van der Waals surface area contributed by atoms with Crippen molar-refractivity contribution in [3.8, 4) is 0 Å². The van der Waals surface area contributed by atoms with E-state index in [2.05, 4.69) is 0 Å². The van der Waals surface area contributed by atoms with Gasteiger partial charge < -0.3 is 9.15 Å². The second kappa shape index (κ2) is 9.31. The van der Waals surface area contributed by atoms with Crippen LogP contribution in [0.1, 0.15) is 35.6 Å². The molecule has 2 aromatic carbocycles. The number of hydrogen-bond acceptors (Lipinski definition) is 6. The summed E-state index contributed by atoms with van der Waals surface area (Å²) in [5.74, 6) is 0.267. The van der Waals surface area contributed by atoms with Gasteiger partial charge in [-0.2, -0.15) is 0 Å². The Morgan fingerprint density at radius 1 is 1.14 bits per heavy atom. The maximum Gasteiger partial charge on any atom is 0.338 e. The van der Waals surface area contributed by atoms with Gasteiger partial charge in [-0.25, -0.2) is 14.2 Å². The number of benzene rings is 2. The fourth-order valence-corrected chi connectivity index (χ4v) is 5.04. The molecule has 0 spiro atoms. The molecule has 0 aliphatic carbocycles. The first-order valence-electron chi connectivity index (χ1n) is 11.1. The Balaban J connectivity index is 1.83. The van der Waals surface area contributed by atoms with Gasteiger partial charge in [-0.15, -0.1) is 0 Å².